The maximum Gasteiger partial charge on any atom is -0.00108 e. The van der Waals surface area contributed by atoms with Gasteiger partial charge in [-0.2, -0.15) is 0 Å². The van der Waals surface area contributed by atoms with E-state index in [1.165, 1.54) is 36.8 Å². The van der Waals surface area contributed by atoms with Crippen LogP contribution in [-0.4, -0.2) is 6.54 Å². The summed E-state index contributed by atoms with van der Waals surface area (Å²) in [5.74, 6) is 0.512. The molecule has 0 amide bonds. The lowest BCUT2D eigenvalue weighted by molar-refractivity contribution is 0.660. The van der Waals surface area contributed by atoms with E-state index in [-0.39, 0.29) is 0 Å². The van der Waals surface area contributed by atoms with Gasteiger partial charge in [0.05, 0.1) is 0 Å². The van der Waals surface area contributed by atoms with Gasteiger partial charge in [0, 0.05) is 0 Å². The van der Waals surface area contributed by atoms with Gasteiger partial charge >= 0.3 is 0 Å². The highest BCUT2D eigenvalue weighted by Gasteiger charge is 2.17. The molecule has 0 aliphatic heterocycles. The zero-order valence-electron chi connectivity index (χ0n) is 9.84. The highest BCUT2D eigenvalue weighted by Crippen LogP contribution is 2.30. The Labute approximate surface area is 92.7 Å². The summed E-state index contributed by atoms with van der Waals surface area (Å²) in [4.78, 5) is 0. The lowest BCUT2D eigenvalue weighted by Gasteiger charge is -2.24. The van der Waals surface area contributed by atoms with Crippen LogP contribution in [0.3, 0.4) is 0 Å². The number of rotatable bonds is 2. The Balaban J connectivity index is 2.48. The first-order valence-corrected chi connectivity index (χ1v) is 6.05. The Kier molecular flexibility index (Phi) is 3.11. The molecule has 0 radical (unpaired) electrons. The van der Waals surface area contributed by atoms with Gasteiger partial charge in [-0.1, -0.05) is 19.1 Å². The van der Waals surface area contributed by atoms with E-state index in [0.717, 1.165) is 6.54 Å². The third-order valence-corrected chi connectivity index (χ3v) is 3.69. The Morgan fingerprint density at radius 3 is 2.53 bits per heavy atom. The van der Waals surface area contributed by atoms with Gasteiger partial charge in [0.15, 0.2) is 0 Å². The van der Waals surface area contributed by atoms with Gasteiger partial charge in [0.1, 0.15) is 0 Å². The predicted molar refractivity (Wildman–Crippen MR) is 65.3 cm³/mol. The van der Waals surface area contributed by atoms with Crippen LogP contribution in [0.4, 0.5) is 0 Å². The van der Waals surface area contributed by atoms with Crippen molar-refractivity contribution in [3.05, 3.63) is 34.4 Å². The van der Waals surface area contributed by atoms with Crippen LogP contribution in [-0.2, 0) is 12.8 Å². The average molecular weight is 203 g/mol. The molecule has 2 rings (SSSR count). The summed E-state index contributed by atoms with van der Waals surface area (Å²) in [6.45, 7) is 5.23. The van der Waals surface area contributed by atoms with E-state index in [0.29, 0.717) is 5.92 Å². The molecule has 0 fully saturated rings. The maximum absolute atomic E-state index is 5.78. The van der Waals surface area contributed by atoms with Crippen LogP contribution in [0.25, 0.3) is 0 Å². The molecule has 0 saturated carbocycles. The largest absolute Gasteiger partial charge is 0.330 e. The minimum Gasteiger partial charge on any atom is -0.330 e. The van der Waals surface area contributed by atoms with Gasteiger partial charge in [0.2, 0.25) is 0 Å². The van der Waals surface area contributed by atoms with Crippen molar-refractivity contribution >= 4 is 0 Å². The van der Waals surface area contributed by atoms with Crippen molar-refractivity contribution in [3.8, 4) is 0 Å². The number of nitrogens with two attached hydrogens (primary N) is 1. The molecule has 0 aromatic heterocycles. The molecule has 2 N–H and O–H groups in total. The number of aryl methyl sites for hydroxylation is 1. The number of hydrogen-bond donors (Lipinski definition) is 1. The van der Waals surface area contributed by atoms with Crippen molar-refractivity contribution in [1.82, 2.24) is 0 Å². The van der Waals surface area contributed by atoms with Gasteiger partial charge in [-0.25, -0.2) is 0 Å². The summed E-state index contributed by atoms with van der Waals surface area (Å²) in [5, 5.41) is 0. The Morgan fingerprint density at radius 2 is 1.87 bits per heavy atom. The molecule has 1 aliphatic rings. The molecule has 1 heteroatoms. The minimum absolute atomic E-state index is 0.512. The summed E-state index contributed by atoms with van der Waals surface area (Å²) in [5.41, 5.74) is 12.0. The van der Waals surface area contributed by atoms with E-state index >= 15 is 0 Å². The molecule has 1 unspecified atom stereocenters. The van der Waals surface area contributed by atoms with Crippen molar-refractivity contribution in [2.24, 2.45) is 5.73 Å². The second-order valence-corrected chi connectivity index (χ2v) is 4.77. The molecular weight excluding hydrogens is 182 g/mol. The molecule has 0 spiro atoms. The van der Waals surface area contributed by atoms with Crippen LogP contribution < -0.4 is 5.73 Å². The summed E-state index contributed by atoms with van der Waals surface area (Å²) < 4.78 is 0. The quantitative estimate of drug-likeness (QED) is 0.785. The maximum atomic E-state index is 5.78. The van der Waals surface area contributed by atoms with Crippen molar-refractivity contribution in [2.45, 2.75) is 45.4 Å². The van der Waals surface area contributed by atoms with Crippen LogP contribution in [0.15, 0.2) is 12.1 Å². The first-order chi connectivity index (χ1) is 7.24. The van der Waals surface area contributed by atoms with Crippen molar-refractivity contribution < 1.29 is 0 Å². The van der Waals surface area contributed by atoms with E-state index in [1.54, 1.807) is 11.1 Å². The lowest BCUT2D eigenvalue weighted by atomic mass is 9.82. The van der Waals surface area contributed by atoms with Gasteiger partial charge in [-0.3, -0.25) is 0 Å². The first-order valence-electron chi connectivity index (χ1n) is 6.05. The number of benzene rings is 1. The highest BCUT2D eigenvalue weighted by molar-refractivity contribution is 5.43. The summed E-state index contributed by atoms with van der Waals surface area (Å²) in [7, 11) is 0. The number of hydrogen-bond acceptors (Lipinski definition) is 1. The SMILES string of the molecule is Cc1ccc(C(C)CN)c2c1CCCC2. The summed E-state index contributed by atoms with van der Waals surface area (Å²) >= 11 is 0. The van der Waals surface area contributed by atoms with Crippen LogP contribution in [0, 0.1) is 6.92 Å². The molecule has 1 nitrogen and oxygen atoms in total. The first kappa shape index (κ1) is 10.7. The topological polar surface area (TPSA) is 26.0 Å². The number of fused-ring (bicyclic) bond motifs is 1. The molecule has 1 aromatic carbocycles. The Morgan fingerprint density at radius 1 is 1.20 bits per heavy atom. The molecule has 1 atom stereocenters. The predicted octanol–water partition coefficient (Wildman–Crippen LogP) is 2.94. The molecule has 1 aromatic rings. The Bertz CT molecular complexity index is 355. The van der Waals surface area contributed by atoms with Gasteiger partial charge in [0.25, 0.3) is 0 Å². The third kappa shape index (κ3) is 1.93. The standard InChI is InChI=1S/C14H21N/c1-10-7-8-13(11(2)9-15)14-6-4-3-5-12(10)14/h7-8,11H,3-6,9,15H2,1-2H3. The van der Waals surface area contributed by atoms with Crippen LogP contribution in [0.2, 0.25) is 0 Å². The smallest absolute Gasteiger partial charge is 0.00108 e. The molecular formula is C14H21N. The average Bonchev–Trinajstić information content (AvgIpc) is 2.29. The van der Waals surface area contributed by atoms with Gasteiger partial charge < -0.3 is 5.73 Å². The minimum atomic E-state index is 0.512. The van der Waals surface area contributed by atoms with E-state index in [1.807, 2.05) is 0 Å². The molecule has 15 heavy (non-hydrogen) atoms. The molecule has 1 aliphatic carbocycles. The third-order valence-electron chi connectivity index (χ3n) is 3.69. The van der Waals surface area contributed by atoms with E-state index in [4.69, 9.17) is 5.73 Å². The van der Waals surface area contributed by atoms with E-state index < -0.39 is 0 Å². The monoisotopic (exact) mass is 203 g/mol. The zero-order valence-corrected chi connectivity index (χ0v) is 9.84. The molecule has 0 saturated heterocycles. The Hall–Kier alpha value is -0.820. The summed E-state index contributed by atoms with van der Waals surface area (Å²) in [6.07, 6.45) is 5.23. The second-order valence-electron chi connectivity index (χ2n) is 4.77. The molecule has 82 valence electrons. The zero-order chi connectivity index (χ0) is 10.8. The lowest BCUT2D eigenvalue weighted by Crippen LogP contribution is -2.15. The van der Waals surface area contributed by atoms with Crippen molar-refractivity contribution in [1.29, 1.82) is 0 Å². The van der Waals surface area contributed by atoms with Crippen LogP contribution >= 0.6 is 0 Å². The van der Waals surface area contributed by atoms with Gasteiger partial charge in [-0.05, 0) is 67.3 Å². The molecule has 0 heterocycles. The van der Waals surface area contributed by atoms with E-state index in [2.05, 4.69) is 26.0 Å². The highest BCUT2D eigenvalue weighted by atomic mass is 14.5. The van der Waals surface area contributed by atoms with Crippen LogP contribution in [0.1, 0.15) is 47.9 Å². The van der Waals surface area contributed by atoms with Crippen molar-refractivity contribution in [2.75, 3.05) is 6.54 Å². The van der Waals surface area contributed by atoms with Gasteiger partial charge in [-0.15, -0.1) is 0 Å². The fourth-order valence-corrected chi connectivity index (χ4v) is 2.66. The van der Waals surface area contributed by atoms with Crippen LogP contribution in [0.5, 0.6) is 0 Å². The van der Waals surface area contributed by atoms with E-state index in [9.17, 15) is 0 Å². The summed E-state index contributed by atoms with van der Waals surface area (Å²) in [6, 6.07) is 4.56. The fraction of sp³-hybridized carbons (Fsp3) is 0.571. The second kappa shape index (κ2) is 4.36. The molecule has 0 bridgehead atoms. The van der Waals surface area contributed by atoms with Crippen molar-refractivity contribution in [3.63, 3.8) is 0 Å². The normalized spacial score (nSPS) is 17.3. The fourth-order valence-electron chi connectivity index (χ4n) is 2.66.